The van der Waals surface area contributed by atoms with E-state index in [1.165, 1.54) is 11.1 Å². The van der Waals surface area contributed by atoms with Gasteiger partial charge in [-0.25, -0.2) is 0 Å². The monoisotopic (exact) mass is 326 g/mol. The fourth-order valence-corrected chi connectivity index (χ4v) is 3.30. The van der Waals surface area contributed by atoms with E-state index in [0.717, 1.165) is 38.2 Å². The van der Waals surface area contributed by atoms with Crippen LogP contribution in [0.2, 0.25) is 0 Å². The van der Waals surface area contributed by atoms with Crippen LogP contribution < -0.4 is 0 Å². The molecule has 1 saturated heterocycles. The predicted octanol–water partition coefficient (Wildman–Crippen LogP) is 2.94. The molecule has 0 aliphatic carbocycles. The Morgan fingerprint density at radius 2 is 1.58 bits per heavy atom. The summed E-state index contributed by atoms with van der Waals surface area (Å²) in [4.78, 5) is 4.88. The van der Waals surface area contributed by atoms with Crippen LogP contribution in [0.5, 0.6) is 11.5 Å². The first-order chi connectivity index (χ1) is 11.5. The first-order valence-corrected chi connectivity index (χ1v) is 8.53. The molecule has 1 fully saturated rings. The second-order valence-corrected chi connectivity index (χ2v) is 6.79. The summed E-state index contributed by atoms with van der Waals surface area (Å²) in [6.07, 6.45) is 0.820. The number of aromatic hydroxyl groups is 2. The van der Waals surface area contributed by atoms with Crippen LogP contribution in [0, 0.1) is 6.92 Å². The molecule has 0 amide bonds. The molecule has 2 N–H and O–H groups in total. The van der Waals surface area contributed by atoms with Gasteiger partial charge in [0.25, 0.3) is 0 Å². The molecule has 3 rings (SSSR count). The summed E-state index contributed by atoms with van der Waals surface area (Å²) in [6.45, 7) is 6.33. The van der Waals surface area contributed by atoms with Crippen LogP contribution >= 0.6 is 0 Å². The van der Waals surface area contributed by atoms with Crippen molar-refractivity contribution < 1.29 is 10.2 Å². The van der Waals surface area contributed by atoms with E-state index < -0.39 is 0 Å². The maximum atomic E-state index is 9.79. The lowest BCUT2D eigenvalue weighted by Crippen LogP contribution is -2.46. The molecule has 1 aliphatic heterocycles. The van der Waals surface area contributed by atoms with Crippen LogP contribution in [0.1, 0.15) is 22.7 Å². The number of likely N-dealkylation sites (N-methyl/N-ethyl adjacent to an activating group) is 1. The summed E-state index contributed by atoms with van der Waals surface area (Å²) in [5.74, 6) is -0.112. The van der Waals surface area contributed by atoms with Crippen molar-refractivity contribution in [1.82, 2.24) is 9.80 Å². The van der Waals surface area contributed by atoms with E-state index in [9.17, 15) is 10.2 Å². The molecule has 0 unspecified atom stereocenters. The van der Waals surface area contributed by atoms with E-state index in [1.54, 1.807) is 12.1 Å². The Balaban J connectivity index is 1.86. The summed E-state index contributed by atoms with van der Waals surface area (Å²) >= 11 is 0. The Morgan fingerprint density at radius 3 is 2.21 bits per heavy atom. The fourth-order valence-electron chi connectivity index (χ4n) is 3.30. The van der Waals surface area contributed by atoms with E-state index in [0.29, 0.717) is 0 Å². The van der Waals surface area contributed by atoms with Crippen molar-refractivity contribution in [3.63, 3.8) is 0 Å². The molecule has 0 saturated carbocycles. The van der Waals surface area contributed by atoms with Gasteiger partial charge in [0.1, 0.15) is 0 Å². The number of aryl methyl sites for hydroxylation is 1. The molecule has 0 bridgehead atoms. The molecule has 24 heavy (non-hydrogen) atoms. The second-order valence-electron chi connectivity index (χ2n) is 6.79. The first-order valence-electron chi connectivity index (χ1n) is 8.53. The molecule has 0 radical (unpaired) electrons. The smallest absolute Gasteiger partial charge is 0.157 e. The number of hydrogen-bond donors (Lipinski definition) is 2. The van der Waals surface area contributed by atoms with Crippen molar-refractivity contribution in [2.24, 2.45) is 0 Å². The van der Waals surface area contributed by atoms with Gasteiger partial charge >= 0.3 is 0 Å². The van der Waals surface area contributed by atoms with E-state index in [2.05, 4.69) is 48.0 Å². The third kappa shape index (κ3) is 3.89. The fraction of sp³-hybridized carbons (Fsp3) is 0.400. The summed E-state index contributed by atoms with van der Waals surface area (Å²) in [7, 11) is 2.16. The normalized spacial score (nSPS) is 17.8. The van der Waals surface area contributed by atoms with Crippen LogP contribution in [0.15, 0.2) is 42.5 Å². The Hall–Kier alpha value is -2.04. The van der Waals surface area contributed by atoms with Crippen LogP contribution in [0.4, 0.5) is 0 Å². The third-order valence-electron chi connectivity index (χ3n) is 4.91. The average molecular weight is 326 g/mol. The van der Waals surface area contributed by atoms with Crippen molar-refractivity contribution in [2.75, 3.05) is 33.2 Å². The molecule has 1 atom stereocenters. The summed E-state index contributed by atoms with van der Waals surface area (Å²) in [6, 6.07) is 14.2. The number of benzene rings is 2. The second kappa shape index (κ2) is 7.24. The number of nitrogens with zero attached hydrogens (tertiary/aromatic N) is 2. The minimum Gasteiger partial charge on any atom is -0.504 e. The van der Waals surface area contributed by atoms with Crippen LogP contribution in [0.3, 0.4) is 0 Å². The van der Waals surface area contributed by atoms with Gasteiger partial charge < -0.3 is 15.1 Å². The quantitative estimate of drug-likeness (QED) is 0.848. The topological polar surface area (TPSA) is 46.9 Å². The Morgan fingerprint density at radius 1 is 0.917 bits per heavy atom. The SMILES string of the molecule is Cc1ccc([C@@H](Cc2ccc(O)c(O)c2)N2CCN(C)CC2)cc1. The van der Waals surface area contributed by atoms with Gasteiger partial charge in [-0.3, -0.25) is 4.90 Å². The van der Waals surface area contributed by atoms with Crippen molar-refractivity contribution >= 4 is 0 Å². The van der Waals surface area contributed by atoms with E-state index in [1.807, 2.05) is 6.07 Å². The van der Waals surface area contributed by atoms with Gasteiger partial charge in [-0.05, 0) is 43.7 Å². The van der Waals surface area contributed by atoms with Gasteiger partial charge in [-0.1, -0.05) is 35.9 Å². The van der Waals surface area contributed by atoms with E-state index >= 15 is 0 Å². The Labute approximate surface area is 144 Å². The molecule has 4 heteroatoms. The summed E-state index contributed by atoms with van der Waals surface area (Å²) in [5, 5.41) is 19.3. The van der Waals surface area contributed by atoms with Crippen molar-refractivity contribution in [1.29, 1.82) is 0 Å². The highest BCUT2D eigenvalue weighted by molar-refractivity contribution is 5.41. The average Bonchev–Trinajstić information content (AvgIpc) is 2.58. The first kappa shape index (κ1) is 16.8. The molecule has 128 valence electrons. The van der Waals surface area contributed by atoms with Crippen molar-refractivity contribution in [2.45, 2.75) is 19.4 Å². The third-order valence-corrected chi connectivity index (χ3v) is 4.91. The maximum absolute atomic E-state index is 9.79. The van der Waals surface area contributed by atoms with Crippen molar-refractivity contribution in [3.8, 4) is 11.5 Å². The van der Waals surface area contributed by atoms with Crippen molar-refractivity contribution in [3.05, 3.63) is 59.2 Å². The van der Waals surface area contributed by atoms with Gasteiger partial charge in [-0.15, -0.1) is 0 Å². The lowest BCUT2D eigenvalue weighted by molar-refractivity contribution is 0.111. The molecular formula is C20H26N2O2. The lowest BCUT2D eigenvalue weighted by Gasteiger charge is -2.38. The zero-order chi connectivity index (χ0) is 17.1. The van der Waals surface area contributed by atoms with Crippen LogP contribution in [0.25, 0.3) is 0 Å². The van der Waals surface area contributed by atoms with Crippen LogP contribution in [-0.2, 0) is 6.42 Å². The van der Waals surface area contributed by atoms with Gasteiger partial charge in [0.15, 0.2) is 11.5 Å². The number of hydrogen-bond acceptors (Lipinski definition) is 4. The van der Waals surface area contributed by atoms with E-state index in [4.69, 9.17) is 0 Å². The number of piperazine rings is 1. The van der Waals surface area contributed by atoms with Gasteiger partial charge in [0.05, 0.1) is 0 Å². The molecule has 0 spiro atoms. The van der Waals surface area contributed by atoms with Gasteiger partial charge in [0.2, 0.25) is 0 Å². The maximum Gasteiger partial charge on any atom is 0.157 e. The number of phenolic OH excluding ortho intramolecular Hbond substituents is 2. The minimum absolute atomic E-state index is 0.0477. The highest BCUT2D eigenvalue weighted by Gasteiger charge is 2.24. The number of rotatable bonds is 4. The molecule has 1 aliphatic rings. The predicted molar refractivity (Wildman–Crippen MR) is 96.5 cm³/mol. The highest BCUT2D eigenvalue weighted by atomic mass is 16.3. The van der Waals surface area contributed by atoms with Gasteiger partial charge in [0, 0.05) is 32.2 Å². The zero-order valence-electron chi connectivity index (χ0n) is 14.4. The zero-order valence-corrected chi connectivity index (χ0v) is 14.4. The molecule has 4 nitrogen and oxygen atoms in total. The molecule has 2 aromatic carbocycles. The highest BCUT2D eigenvalue weighted by Crippen LogP contribution is 2.30. The standard InChI is InChI=1S/C20H26N2O2/c1-15-3-6-17(7-4-15)18(22-11-9-21(2)10-12-22)13-16-5-8-19(23)20(24)14-16/h3-8,14,18,23-24H,9-13H2,1-2H3/t18-/m1/s1. The molecule has 2 aromatic rings. The number of phenols is 2. The molecular weight excluding hydrogens is 300 g/mol. The molecule has 0 aromatic heterocycles. The molecule has 1 heterocycles. The lowest BCUT2D eigenvalue weighted by atomic mass is 9.95. The summed E-state index contributed by atoms with van der Waals surface area (Å²) in [5.41, 5.74) is 3.60. The van der Waals surface area contributed by atoms with Crippen LogP contribution in [-0.4, -0.2) is 53.2 Å². The Kier molecular flexibility index (Phi) is 5.07. The largest absolute Gasteiger partial charge is 0.504 e. The summed E-state index contributed by atoms with van der Waals surface area (Å²) < 4.78 is 0. The van der Waals surface area contributed by atoms with E-state index in [-0.39, 0.29) is 17.5 Å². The van der Waals surface area contributed by atoms with Gasteiger partial charge in [-0.2, -0.15) is 0 Å². The Bertz CT molecular complexity index is 677. The minimum atomic E-state index is -0.0646.